The second-order valence-corrected chi connectivity index (χ2v) is 7.11. The van der Waals surface area contributed by atoms with E-state index < -0.39 is 15.6 Å². The summed E-state index contributed by atoms with van der Waals surface area (Å²) in [5, 5.41) is 9.69. The van der Waals surface area contributed by atoms with Crippen LogP contribution in [0.4, 0.5) is 5.69 Å². The van der Waals surface area contributed by atoms with Crippen molar-refractivity contribution < 1.29 is 13.5 Å². The van der Waals surface area contributed by atoms with Crippen LogP contribution in [0.3, 0.4) is 0 Å². The Kier molecular flexibility index (Phi) is 4.05. The lowest BCUT2D eigenvalue weighted by Gasteiger charge is -2.25. The highest BCUT2D eigenvalue weighted by Crippen LogP contribution is 2.22. The van der Waals surface area contributed by atoms with E-state index in [4.69, 9.17) is 5.73 Å². The molecule has 1 rings (SSSR count). The van der Waals surface area contributed by atoms with E-state index in [0.717, 1.165) is 4.31 Å². The van der Waals surface area contributed by atoms with Crippen molar-refractivity contribution in [3.05, 3.63) is 23.8 Å². The lowest BCUT2D eigenvalue weighted by molar-refractivity contribution is 0.0640. The summed E-state index contributed by atoms with van der Waals surface area (Å²) in [6.45, 7) is 4.85. The van der Waals surface area contributed by atoms with Gasteiger partial charge in [-0.15, -0.1) is 0 Å². The lowest BCUT2D eigenvalue weighted by atomic mass is 10.1. The molecule has 0 aliphatic rings. The average molecular weight is 272 g/mol. The maximum absolute atomic E-state index is 12.3. The van der Waals surface area contributed by atoms with E-state index in [1.807, 2.05) is 0 Å². The molecule has 0 aliphatic carbocycles. The molecule has 0 amide bonds. The predicted molar refractivity (Wildman–Crippen MR) is 71.7 cm³/mol. The largest absolute Gasteiger partial charge is 0.399 e. The first kappa shape index (κ1) is 14.9. The normalized spacial score (nSPS) is 13.0. The van der Waals surface area contributed by atoms with Gasteiger partial charge in [-0.2, -0.15) is 4.31 Å². The quantitative estimate of drug-likeness (QED) is 0.800. The van der Waals surface area contributed by atoms with Crippen LogP contribution in [0.1, 0.15) is 19.4 Å². The van der Waals surface area contributed by atoms with Crippen LogP contribution in [0.5, 0.6) is 0 Å². The molecule has 6 heteroatoms. The molecule has 1 aromatic rings. The van der Waals surface area contributed by atoms with Gasteiger partial charge in [0.1, 0.15) is 0 Å². The maximum Gasteiger partial charge on any atom is 0.243 e. The topological polar surface area (TPSA) is 83.6 Å². The van der Waals surface area contributed by atoms with Crippen LogP contribution in [0, 0.1) is 6.92 Å². The third kappa shape index (κ3) is 3.44. The molecule has 0 atom stereocenters. The Morgan fingerprint density at radius 3 is 2.39 bits per heavy atom. The van der Waals surface area contributed by atoms with Gasteiger partial charge in [0, 0.05) is 19.3 Å². The molecule has 0 saturated carbocycles. The van der Waals surface area contributed by atoms with E-state index in [2.05, 4.69) is 0 Å². The SMILES string of the molecule is Cc1cc(N)ccc1S(=O)(=O)N(C)CC(C)(C)O. The minimum atomic E-state index is -3.60. The van der Waals surface area contributed by atoms with Gasteiger partial charge < -0.3 is 10.8 Å². The molecule has 102 valence electrons. The van der Waals surface area contributed by atoms with Crippen molar-refractivity contribution in [1.29, 1.82) is 0 Å². The van der Waals surface area contributed by atoms with Crippen molar-refractivity contribution in [2.75, 3.05) is 19.3 Å². The number of nitrogens with two attached hydrogens (primary N) is 1. The fraction of sp³-hybridized carbons (Fsp3) is 0.500. The molecular formula is C12H20N2O3S. The van der Waals surface area contributed by atoms with E-state index in [1.54, 1.807) is 32.9 Å². The summed E-state index contributed by atoms with van der Waals surface area (Å²) in [7, 11) is -2.15. The number of rotatable bonds is 4. The Labute approximate surface area is 108 Å². The molecule has 0 heterocycles. The summed E-state index contributed by atoms with van der Waals surface area (Å²) < 4.78 is 25.8. The highest BCUT2D eigenvalue weighted by atomic mass is 32.2. The molecule has 0 aliphatic heterocycles. The second kappa shape index (κ2) is 4.87. The molecule has 5 nitrogen and oxygen atoms in total. The van der Waals surface area contributed by atoms with E-state index in [-0.39, 0.29) is 11.4 Å². The summed E-state index contributed by atoms with van der Waals surface area (Å²) in [5.41, 5.74) is 5.64. The number of nitrogens with zero attached hydrogens (tertiary/aromatic N) is 1. The predicted octanol–water partition coefficient (Wildman–Crippen LogP) is 0.969. The van der Waals surface area contributed by atoms with Gasteiger partial charge in [-0.3, -0.25) is 0 Å². The molecule has 0 radical (unpaired) electrons. The highest BCUT2D eigenvalue weighted by molar-refractivity contribution is 7.89. The third-order valence-electron chi connectivity index (χ3n) is 2.50. The van der Waals surface area contributed by atoms with Crippen molar-refractivity contribution in [2.24, 2.45) is 0 Å². The molecule has 1 aromatic carbocycles. The van der Waals surface area contributed by atoms with Gasteiger partial charge >= 0.3 is 0 Å². The first-order valence-corrected chi connectivity index (χ1v) is 7.03. The van der Waals surface area contributed by atoms with Gasteiger partial charge in [0.25, 0.3) is 0 Å². The number of nitrogen functional groups attached to an aromatic ring is 1. The van der Waals surface area contributed by atoms with Gasteiger partial charge in [-0.05, 0) is 44.5 Å². The van der Waals surface area contributed by atoms with Gasteiger partial charge in [-0.1, -0.05) is 0 Å². The monoisotopic (exact) mass is 272 g/mol. The molecule has 0 unspecified atom stereocenters. The number of benzene rings is 1. The zero-order valence-corrected chi connectivity index (χ0v) is 12.0. The zero-order valence-electron chi connectivity index (χ0n) is 11.1. The number of aryl methyl sites for hydroxylation is 1. The van der Waals surface area contributed by atoms with Crippen molar-refractivity contribution in [3.8, 4) is 0 Å². The average Bonchev–Trinajstić information content (AvgIpc) is 2.13. The molecule has 0 aromatic heterocycles. The van der Waals surface area contributed by atoms with E-state index in [0.29, 0.717) is 11.3 Å². The van der Waals surface area contributed by atoms with Crippen LogP contribution >= 0.6 is 0 Å². The van der Waals surface area contributed by atoms with E-state index >= 15 is 0 Å². The third-order valence-corrected chi connectivity index (χ3v) is 4.46. The Morgan fingerprint density at radius 2 is 1.94 bits per heavy atom. The summed E-state index contributed by atoms with van der Waals surface area (Å²) in [6, 6.07) is 4.66. The van der Waals surface area contributed by atoms with Crippen LogP contribution in [0.2, 0.25) is 0 Å². The Balaban J connectivity index is 3.14. The van der Waals surface area contributed by atoms with Crippen molar-refractivity contribution in [3.63, 3.8) is 0 Å². The molecule has 0 saturated heterocycles. The van der Waals surface area contributed by atoms with Crippen LogP contribution in [-0.4, -0.2) is 37.0 Å². The molecule has 3 N–H and O–H groups in total. The van der Waals surface area contributed by atoms with Crippen molar-refractivity contribution in [2.45, 2.75) is 31.3 Å². The van der Waals surface area contributed by atoms with Gasteiger partial charge in [0.2, 0.25) is 10.0 Å². The van der Waals surface area contributed by atoms with Crippen molar-refractivity contribution in [1.82, 2.24) is 4.31 Å². The number of hydrogen-bond acceptors (Lipinski definition) is 4. The minimum absolute atomic E-state index is 0.0269. The molecule has 0 spiro atoms. The van der Waals surface area contributed by atoms with Crippen LogP contribution in [0.15, 0.2) is 23.1 Å². The summed E-state index contributed by atoms with van der Waals surface area (Å²) in [6.07, 6.45) is 0. The lowest BCUT2D eigenvalue weighted by Crippen LogP contribution is -2.39. The smallest absolute Gasteiger partial charge is 0.243 e. The minimum Gasteiger partial charge on any atom is -0.399 e. The number of sulfonamides is 1. The van der Waals surface area contributed by atoms with Gasteiger partial charge in [-0.25, -0.2) is 8.42 Å². The van der Waals surface area contributed by atoms with E-state index in [9.17, 15) is 13.5 Å². The fourth-order valence-electron chi connectivity index (χ4n) is 1.76. The number of hydrogen-bond donors (Lipinski definition) is 2. The Morgan fingerprint density at radius 1 is 1.39 bits per heavy atom. The summed E-state index contributed by atoms with van der Waals surface area (Å²) in [5.74, 6) is 0. The maximum atomic E-state index is 12.3. The number of anilines is 1. The molecule has 0 bridgehead atoms. The first-order valence-electron chi connectivity index (χ1n) is 5.59. The second-order valence-electron chi connectivity index (χ2n) is 5.10. The number of aliphatic hydroxyl groups is 1. The Bertz CT molecular complexity index is 533. The van der Waals surface area contributed by atoms with Crippen LogP contribution < -0.4 is 5.73 Å². The molecule has 0 fully saturated rings. The van der Waals surface area contributed by atoms with Crippen LogP contribution in [-0.2, 0) is 10.0 Å². The van der Waals surface area contributed by atoms with Crippen molar-refractivity contribution >= 4 is 15.7 Å². The van der Waals surface area contributed by atoms with E-state index in [1.165, 1.54) is 13.1 Å². The molecule has 18 heavy (non-hydrogen) atoms. The Hall–Kier alpha value is -1.11. The number of likely N-dealkylation sites (N-methyl/N-ethyl adjacent to an activating group) is 1. The molecular weight excluding hydrogens is 252 g/mol. The summed E-state index contributed by atoms with van der Waals surface area (Å²) in [4.78, 5) is 0.212. The fourth-order valence-corrected chi connectivity index (χ4v) is 3.29. The highest BCUT2D eigenvalue weighted by Gasteiger charge is 2.27. The van der Waals surface area contributed by atoms with Crippen LogP contribution in [0.25, 0.3) is 0 Å². The van der Waals surface area contributed by atoms with Gasteiger partial charge in [0.05, 0.1) is 10.5 Å². The van der Waals surface area contributed by atoms with Gasteiger partial charge in [0.15, 0.2) is 0 Å². The first-order chi connectivity index (χ1) is 8.04. The summed E-state index contributed by atoms with van der Waals surface area (Å²) >= 11 is 0. The standard InChI is InChI=1S/C12H20N2O3S/c1-9-7-10(13)5-6-11(9)18(16,17)14(4)8-12(2,3)15/h5-7,15H,8,13H2,1-4H3. The zero-order chi connectivity index (χ0) is 14.1.